The van der Waals surface area contributed by atoms with Crippen molar-refractivity contribution in [2.45, 2.75) is 6.61 Å². The van der Waals surface area contributed by atoms with E-state index in [-0.39, 0.29) is 5.91 Å². The van der Waals surface area contributed by atoms with Gasteiger partial charge < -0.3 is 9.47 Å². The van der Waals surface area contributed by atoms with E-state index < -0.39 is 0 Å². The van der Waals surface area contributed by atoms with Gasteiger partial charge in [-0.1, -0.05) is 46.3 Å². The van der Waals surface area contributed by atoms with E-state index in [1.54, 1.807) is 37.6 Å². The third-order valence-electron chi connectivity index (χ3n) is 3.93. The van der Waals surface area contributed by atoms with Gasteiger partial charge in [0.2, 0.25) is 0 Å². The molecular formula is C22H19BrN2O3. The number of carbonyl (C=O) groups is 1. The average Bonchev–Trinajstić information content (AvgIpc) is 2.73. The summed E-state index contributed by atoms with van der Waals surface area (Å²) in [7, 11) is 1.58. The largest absolute Gasteiger partial charge is 0.496 e. The van der Waals surface area contributed by atoms with Crippen LogP contribution in [0.15, 0.2) is 82.4 Å². The lowest BCUT2D eigenvalue weighted by atomic mass is 10.2. The van der Waals surface area contributed by atoms with Crippen molar-refractivity contribution in [3.05, 3.63) is 94.0 Å². The third-order valence-corrected chi connectivity index (χ3v) is 4.42. The smallest absolute Gasteiger partial charge is 0.271 e. The van der Waals surface area contributed by atoms with Gasteiger partial charge in [0.05, 0.1) is 13.3 Å². The summed E-state index contributed by atoms with van der Waals surface area (Å²) < 4.78 is 11.9. The van der Waals surface area contributed by atoms with Gasteiger partial charge in [-0.3, -0.25) is 4.79 Å². The second-order valence-corrected chi connectivity index (χ2v) is 6.80. The van der Waals surface area contributed by atoms with E-state index in [1.807, 2.05) is 48.5 Å². The molecule has 0 atom stereocenters. The molecule has 3 aromatic carbocycles. The number of ether oxygens (including phenoxy) is 2. The molecule has 0 fully saturated rings. The van der Waals surface area contributed by atoms with Crippen molar-refractivity contribution in [3.8, 4) is 11.5 Å². The zero-order valence-electron chi connectivity index (χ0n) is 15.3. The van der Waals surface area contributed by atoms with Crippen LogP contribution in [0, 0.1) is 0 Å². The van der Waals surface area contributed by atoms with E-state index in [9.17, 15) is 4.79 Å². The fraction of sp³-hybridized carbons (Fsp3) is 0.0909. The quantitative estimate of drug-likeness (QED) is 0.425. The Kier molecular flexibility index (Phi) is 6.81. The maximum absolute atomic E-state index is 12.2. The minimum Gasteiger partial charge on any atom is -0.496 e. The molecule has 6 heteroatoms. The van der Waals surface area contributed by atoms with Crippen molar-refractivity contribution in [2.24, 2.45) is 5.10 Å². The lowest BCUT2D eigenvalue weighted by Crippen LogP contribution is -2.17. The number of nitrogens with zero attached hydrogens (tertiary/aromatic N) is 1. The summed E-state index contributed by atoms with van der Waals surface area (Å²) in [4.78, 5) is 12.2. The van der Waals surface area contributed by atoms with Crippen molar-refractivity contribution >= 4 is 28.1 Å². The van der Waals surface area contributed by atoms with Crippen molar-refractivity contribution in [2.75, 3.05) is 7.11 Å². The number of halogens is 1. The average molecular weight is 439 g/mol. The van der Waals surface area contributed by atoms with Gasteiger partial charge in [0, 0.05) is 15.6 Å². The van der Waals surface area contributed by atoms with Crippen molar-refractivity contribution in [3.63, 3.8) is 0 Å². The first-order chi connectivity index (χ1) is 13.7. The molecule has 0 bridgehead atoms. The normalized spacial score (nSPS) is 10.6. The highest BCUT2D eigenvalue weighted by Gasteiger charge is 2.05. The Labute approximate surface area is 172 Å². The van der Waals surface area contributed by atoms with E-state index in [2.05, 4.69) is 26.5 Å². The molecule has 0 aliphatic rings. The number of benzene rings is 3. The maximum atomic E-state index is 12.2. The van der Waals surface area contributed by atoms with Crippen LogP contribution < -0.4 is 14.9 Å². The first-order valence-corrected chi connectivity index (χ1v) is 9.39. The Morgan fingerprint density at radius 2 is 1.82 bits per heavy atom. The predicted octanol–water partition coefficient (Wildman–Crippen LogP) is 4.80. The zero-order chi connectivity index (χ0) is 19.8. The molecule has 0 saturated heterocycles. The summed E-state index contributed by atoms with van der Waals surface area (Å²) in [6.45, 7) is 0.477. The van der Waals surface area contributed by atoms with Crippen molar-refractivity contribution < 1.29 is 14.3 Å². The van der Waals surface area contributed by atoms with Gasteiger partial charge in [0.25, 0.3) is 5.91 Å². The van der Waals surface area contributed by atoms with Crippen molar-refractivity contribution in [1.82, 2.24) is 5.43 Å². The van der Waals surface area contributed by atoms with Gasteiger partial charge in [-0.15, -0.1) is 0 Å². The van der Waals surface area contributed by atoms with Gasteiger partial charge in [-0.05, 0) is 48.0 Å². The molecule has 5 nitrogen and oxygen atoms in total. The first kappa shape index (κ1) is 19.6. The van der Waals surface area contributed by atoms with E-state index in [1.165, 1.54) is 0 Å². The molecule has 1 amide bonds. The van der Waals surface area contributed by atoms with Crippen LogP contribution in [-0.2, 0) is 6.61 Å². The fourth-order valence-corrected chi connectivity index (χ4v) is 2.85. The van der Waals surface area contributed by atoms with E-state index in [0.717, 1.165) is 15.6 Å². The summed E-state index contributed by atoms with van der Waals surface area (Å²) in [5.41, 5.74) is 4.84. The summed E-state index contributed by atoms with van der Waals surface area (Å²) in [6.07, 6.45) is 1.54. The number of hydrogen-bond donors (Lipinski definition) is 1. The Morgan fingerprint density at radius 1 is 1.07 bits per heavy atom. The highest BCUT2D eigenvalue weighted by Crippen LogP contribution is 2.21. The zero-order valence-corrected chi connectivity index (χ0v) is 16.8. The standard InChI is InChI=1S/C22H19BrN2O3/c1-27-21-12-9-19(23)13-18(21)14-24-25-22(26)17-7-10-20(11-8-17)28-15-16-5-3-2-4-6-16/h2-14H,15H2,1H3,(H,25,26)/b24-14-. The summed E-state index contributed by atoms with van der Waals surface area (Å²) in [5.74, 6) is 1.06. The molecule has 0 spiro atoms. The maximum Gasteiger partial charge on any atom is 0.271 e. The van der Waals surface area contributed by atoms with Crippen LogP contribution in [0.1, 0.15) is 21.5 Å². The van der Waals surface area contributed by atoms with Crippen LogP contribution in [0.4, 0.5) is 0 Å². The van der Waals surface area contributed by atoms with Crippen LogP contribution >= 0.6 is 15.9 Å². The number of nitrogens with one attached hydrogen (secondary N) is 1. The molecule has 3 rings (SSSR count). The van der Waals surface area contributed by atoms with E-state index in [4.69, 9.17) is 9.47 Å². The lowest BCUT2D eigenvalue weighted by Gasteiger charge is -2.07. The van der Waals surface area contributed by atoms with Gasteiger partial charge in [-0.25, -0.2) is 5.43 Å². The Bertz CT molecular complexity index is 957. The molecule has 0 aromatic heterocycles. The second-order valence-electron chi connectivity index (χ2n) is 5.88. The van der Waals surface area contributed by atoms with Crippen LogP contribution in [-0.4, -0.2) is 19.2 Å². The monoisotopic (exact) mass is 438 g/mol. The Hall–Kier alpha value is -3.12. The van der Waals surface area contributed by atoms with Crippen LogP contribution in [0.25, 0.3) is 0 Å². The molecule has 0 saturated carbocycles. The molecule has 0 aliphatic carbocycles. The predicted molar refractivity (Wildman–Crippen MR) is 113 cm³/mol. The number of amides is 1. The fourth-order valence-electron chi connectivity index (χ4n) is 2.47. The Morgan fingerprint density at radius 3 is 2.54 bits per heavy atom. The highest BCUT2D eigenvalue weighted by molar-refractivity contribution is 9.10. The SMILES string of the molecule is COc1ccc(Br)cc1/C=N\NC(=O)c1ccc(OCc2ccccc2)cc1. The summed E-state index contributed by atoms with van der Waals surface area (Å²) >= 11 is 3.40. The van der Waals surface area contributed by atoms with Gasteiger partial charge >= 0.3 is 0 Å². The number of rotatable bonds is 7. The molecule has 28 heavy (non-hydrogen) atoms. The first-order valence-electron chi connectivity index (χ1n) is 8.59. The van der Waals surface area contributed by atoms with Crippen LogP contribution in [0.2, 0.25) is 0 Å². The van der Waals surface area contributed by atoms with Crippen molar-refractivity contribution in [1.29, 1.82) is 0 Å². The lowest BCUT2D eigenvalue weighted by molar-refractivity contribution is 0.0955. The number of hydrazone groups is 1. The topological polar surface area (TPSA) is 59.9 Å². The number of methoxy groups -OCH3 is 1. The molecule has 142 valence electrons. The van der Waals surface area contributed by atoms with Gasteiger partial charge in [0.1, 0.15) is 18.1 Å². The minimum atomic E-state index is -0.306. The van der Waals surface area contributed by atoms with E-state index in [0.29, 0.717) is 23.7 Å². The molecular weight excluding hydrogens is 420 g/mol. The summed E-state index contributed by atoms with van der Waals surface area (Å²) in [5, 5.41) is 4.01. The molecule has 0 heterocycles. The Balaban J connectivity index is 1.57. The molecule has 1 N–H and O–H groups in total. The third kappa shape index (κ3) is 5.44. The van der Waals surface area contributed by atoms with E-state index >= 15 is 0 Å². The summed E-state index contributed by atoms with van der Waals surface area (Å²) in [6, 6.07) is 22.4. The number of carbonyl (C=O) groups excluding carboxylic acids is 1. The molecule has 3 aromatic rings. The molecule has 0 aliphatic heterocycles. The molecule has 0 radical (unpaired) electrons. The van der Waals surface area contributed by atoms with Crippen LogP contribution in [0.5, 0.6) is 11.5 Å². The van der Waals surface area contributed by atoms with Gasteiger partial charge in [-0.2, -0.15) is 5.10 Å². The number of hydrogen-bond acceptors (Lipinski definition) is 4. The second kappa shape index (κ2) is 9.71. The van der Waals surface area contributed by atoms with Crippen LogP contribution in [0.3, 0.4) is 0 Å². The van der Waals surface area contributed by atoms with Gasteiger partial charge in [0.15, 0.2) is 0 Å². The highest BCUT2D eigenvalue weighted by atomic mass is 79.9. The minimum absolute atomic E-state index is 0.306. The molecule has 0 unspecified atom stereocenters.